The molecule has 1 unspecified atom stereocenters. The van der Waals surface area contributed by atoms with Gasteiger partial charge >= 0.3 is 0 Å². The number of hydrogen-bond acceptors (Lipinski definition) is 4. The first kappa shape index (κ1) is 16.5. The molecule has 1 aromatic carbocycles. The molecule has 0 radical (unpaired) electrons. The molecule has 1 fully saturated rings. The quantitative estimate of drug-likeness (QED) is 0.821. The van der Waals surface area contributed by atoms with Crippen molar-refractivity contribution >= 4 is 5.91 Å². The Balaban J connectivity index is 1.48. The number of hydrogen-bond donors (Lipinski definition) is 2. The van der Waals surface area contributed by atoms with Crippen LogP contribution in [0.1, 0.15) is 47.7 Å². The van der Waals surface area contributed by atoms with Gasteiger partial charge in [0.05, 0.1) is 6.10 Å². The molecule has 0 saturated heterocycles. The van der Waals surface area contributed by atoms with Crippen LogP contribution in [0.25, 0.3) is 0 Å². The fraction of sp³-hybridized carbons (Fsp3) is 0.368. The summed E-state index contributed by atoms with van der Waals surface area (Å²) in [6.45, 7) is 0.399. The summed E-state index contributed by atoms with van der Waals surface area (Å²) >= 11 is 0. The summed E-state index contributed by atoms with van der Waals surface area (Å²) in [5.74, 6) is 0.313. The van der Waals surface area contributed by atoms with Gasteiger partial charge in [-0.15, -0.1) is 0 Å². The summed E-state index contributed by atoms with van der Waals surface area (Å²) in [5, 5.41) is 12.9. The third-order valence-electron chi connectivity index (χ3n) is 4.22. The van der Waals surface area contributed by atoms with E-state index in [1.165, 1.54) is 6.42 Å². The van der Waals surface area contributed by atoms with Crippen molar-refractivity contribution in [2.45, 2.75) is 37.9 Å². The molecule has 1 aliphatic rings. The lowest BCUT2D eigenvalue weighted by Gasteiger charge is -2.25. The van der Waals surface area contributed by atoms with Crippen LogP contribution in [0.15, 0.2) is 48.7 Å². The average Bonchev–Trinajstić information content (AvgIpc) is 2.59. The van der Waals surface area contributed by atoms with Crippen molar-refractivity contribution < 1.29 is 14.6 Å². The number of aromatic nitrogens is 1. The molecule has 2 aromatic rings. The average molecular weight is 326 g/mol. The van der Waals surface area contributed by atoms with Crippen LogP contribution in [0.4, 0.5) is 0 Å². The first-order valence-electron chi connectivity index (χ1n) is 8.36. The van der Waals surface area contributed by atoms with E-state index in [2.05, 4.69) is 10.3 Å². The lowest BCUT2D eigenvalue weighted by Crippen LogP contribution is -2.27. The number of amides is 1. The Bertz CT molecular complexity index is 671. The second kappa shape index (κ2) is 7.93. The largest absolute Gasteiger partial charge is 0.474 e. The predicted octanol–water partition coefficient (Wildman–Crippen LogP) is 2.87. The number of carbonyl (C=O) groups excluding carboxylic acids is 1. The van der Waals surface area contributed by atoms with Gasteiger partial charge in [0, 0.05) is 24.4 Å². The third-order valence-corrected chi connectivity index (χ3v) is 4.22. The number of ether oxygens (including phenoxy) is 1. The van der Waals surface area contributed by atoms with Gasteiger partial charge in [-0.2, -0.15) is 0 Å². The molecule has 0 spiro atoms. The number of nitrogens with zero attached hydrogens (tertiary/aromatic N) is 1. The van der Waals surface area contributed by atoms with Crippen LogP contribution in [0, 0.1) is 0 Å². The standard InChI is InChI=1S/C19H22N2O3/c22-17(14-5-2-1-3-6-14)10-12-21-19(23)15-9-11-20-18(13-15)24-16-7-4-8-16/h1-3,5-6,9,11,13,16-17,22H,4,7-8,10,12H2,(H,21,23). The minimum Gasteiger partial charge on any atom is -0.474 e. The van der Waals surface area contributed by atoms with E-state index in [0.29, 0.717) is 24.4 Å². The van der Waals surface area contributed by atoms with Gasteiger partial charge in [-0.25, -0.2) is 4.98 Å². The van der Waals surface area contributed by atoms with Crippen LogP contribution in [0.3, 0.4) is 0 Å². The molecule has 3 rings (SSSR count). The Morgan fingerprint density at radius 2 is 2.08 bits per heavy atom. The maximum absolute atomic E-state index is 12.2. The molecular formula is C19H22N2O3. The van der Waals surface area contributed by atoms with E-state index in [4.69, 9.17) is 4.74 Å². The zero-order valence-corrected chi connectivity index (χ0v) is 13.5. The van der Waals surface area contributed by atoms with Gasteiger partial charge in [0.1, 0.15) is 6.10 Å². The highest BCUT2D eigenvalue weighted by Gasteiger charge is 2.20. The van der Waals surface area contributed by atoms with Crippen molar-refractivity contribution in [1.82, 2.24) is 10.3 Å². The fourth-order valence-corrected chi connectivity index (χ4v) is 2.54. The van der Waals surface area contributed by atoms with Gasteiger partial charge in [-0.05, 0) is 37.3 Å². The van der Waals surface area contributed by atoms with E-state index in [1.807, 2.05) is 30.3 Å². The summed E-state index contributed by atoms with van der Waals surface area (Å²) < 4.78 is 5.71. The van der Waals surface area contributed by atoms with Gasteiger partial charge in [-0.3, -0.25) is 4.79 Å². The SMILES string of the molecule is O=C(NCCC(O)c1ccccc1)c1ccnc(OC2CCC2)c1. The van der Waals surface area contributed by atoms with Gasteiger partial charge < -0.3 is 15.2 Å². The summed E-state index contributed by atoms with van der Waals surface area (Å²) in [6.07, 6.45) is 4.99. The molecule has 5 heteroatoms. The lowest BCUT2D eigenvalue weighted by molar-refractivity contribution is 0.0937. The Morgan fingerprint density at radius 3 is 2.79 bits per heavy atom. The van der Waals surface area contributed by atoms with E-state index in [-0.39, 0.29) is 12.0 Å². The van der Waals surface area contributed by atoms with Crippen LogP contribution in [0.5, 0.6) is 5.88 Å². The number of aliphatic hydroxyl groups excluding tert-OH is 1. The van der Waals surface area contributed by atoms with E-state index in [0.717, 1.165) is 18.4 Å². The molecule has 1 amide bonds. The molecule has 1 saturated carbocycles. The van der Waals surface area contributed by atoms with Gasteiger partial charge in [0.25, 0.3) is 5.91 Å². The van der Waals surface area contributed by atoms with E-state index in [1.54, 1.807) is 18.3 Å². The second-order valence-electron chi connectivity index (χ2n) is 6.02. The molecule has 126 valence electrons. The van der Waals surface area contributed by atoms with Crippen LogP contribution in [-0.2, 0) is 0 Å². The first-order valence-corrected chi connectivity index (χ1v) is 8.36. The van der Waals surface area contributed by atoms with E-state index >= 15 is 0 Å². The molecule has 1 aromatic heterocycles. The zero-order valence-electron chi connectivity index (χ0n) is 13.5. The highest BCUT2D eigenvalue weighted by atomic mass is 16.5. The molecule has 5 nitrogen and oxygen atoms in total. The Labute approximate surface area is 141 Å². The second-order valence-corrected chi connectivity index (χ2v) is 6.02. The monoisotopic (exact) mass is 326 g/mol. The Hall–Kier alpha value is -2.40. The first-order chi connectivity index (χ1) is 11.7. The van der Waals surface area contributed by atoms with Gasteiger partial charge in [0.15, 0.2) is 0 Å². The summed E-state index contributed by atoms with van der Waals surface area (Å²) in [4.78, 5) is 16.4. The molecule has 1 atom stereocenters. The summed E-state index contributed by atoms with van der Waals surface area (Å²) in [7, 11) is 0. The number of benzene rings is 1. The topological polar surface area (TPSA) is 71.5 Å². The highest BCUT2D eigenvalue weighted by molar-refractivity contribution is 5.94. The maximum Gasteiger partial charge on any atom is 0.251 e. The maximum atomic E-state index is 12.2. The smallest absolute Gasteiger partial charge is 0.251 e. The normalized spacial score (nSPS) is 15.4. The minimum atomic E-state index is -0.582. The van der Waals surface area contributed by atoms with Crippen LogP contribution < -0.4 is 10.1 Å². The lowest BCUT2D eigenvalue weighted by atomic mass is 9.96. The highest BCUT2D eigenvalue weighted by Crippen LogP contribution is 2.24. The van der Waals surface area contributed by atoms with Crippen molar-refractivity contribution in [1.29, 1.82) is 0 Å². The predicted molar refractivity (Wildman–Crippen MR) is 90.9 cm³/mol. The van der Waals surface area contributed by atoms with Crippen molar-refractivity contribution in [2.24, 2.45) is 0 Å². The molecule has 0 aliphatic heterocycles. The van der Waals surface area contributed by atoms with Crippen molar-refractivity contribution in [3.63, 3.8) is 0 Å². The van der Waals surface area contributed by atoms with Crippen molar-refractivity contribution in [3.8, 4) is 5.88 Å². The molecule has 2 N–H and O–H groups in total. The fourth-order valence-electron chi connectivity index (χ4n) is 2.54. The van der Waals surface area contributed by atoms with Crippen molar-refractivity contribution in [3.05, 3.63) is 59.8 Å². The van der Waals surface area contributed by atoms with Crippen molar-refractivity contribution in [2.75, 3.05) is 6.54 Å². The Morgan fingerprint density at radius 1 is 1.29 bits per heavy atom. The number of aliphatic hydroxyl groups is 1. The van der Waals surface area contributed by atoms with Crippen LogP contribution in [0.2, 0.25) is 0 Å². The minimum absolute atomic E-state index is 0.184. The molecule has 0 bridgehead atoms. The molecule has 1 aliphatic carbocycles. The summed E-state index contributed by atoms with van der Waals surface area (Å²) in [5.41, 5.74) is 1.38. The number of nitrogens with one attached hydrogen (secondary N) is 1. The van der Waals surface area contributed by atoms with Gasteiger partial charge in [0.2, 0.25) is 5.88 Å². The van der Waals surface area contributed by atoms with Crippen LogP contribution in [-0.4, -0.2) is 28.6 Å². The van der Waals surface area contributed by atoms with Gasteiger partial charge in [-0.1, -0.05) is 30.3 Å². The summed E-state index contributed by atoms with van der Waals surface area (Å²) in [6, 6.07) is 12.8. The molecular weight excluding hydrogens is 304 g/mol. The van der Waals surface area contributed by atoms with Crippen LogP contribution >= 0.6 is 0 Å². The third kappa shape index (κ3) is 4.32. The van der Waals surface area contributed by atoms with E-state index < -0.39 is 6.10 Å². The molecule has 1 heterocycles. The Kier molecular flexibility index (Phi) is 5.43. The molecule has 24 heavy (non-hydrogen) atoms. The number of rotatable bonds is 7. The zero-order chi connectivity index (χ0) is 16.8. The number of carbonyl (C=O) groups is 1. The van der Waals surface area contributed by atoms with E-state index in [9.17, 15) is 9.90 Å². The number of pyridine rings is 1.